The highest BCUT2D eigenvalue weighted by Crippen LogP contribution is 2.12. The number of aryl methyl sites for hydroxylation is 1. The van der Waals surface area contributed by atoms with Gasteiger partial charge in [-0.3, -0.25) is 0 Å². The number of ether oxygens (including phenoxy) is 2. The zero-order valence-corrected chi connectivity index (χ0v) is 17.2. The largest absolute Gasteiger partial charge is 0.459 e. The van der Waals surface area contributed by atoms with Crippen molar-refractivity contribution >= 4 is 18.0 Å². The second-order valence-electron chi connectivity index (χ2n) is 7.61. The molecule has 1 aromatic carbocycles. The van der Waals surface area contributed by atoms with Crippen molar-refractivity contribution in [2.75, 3.05) is 0 Å². The zero-order chi connectivity index (χ0) is 22.1. The number of carbonyl (C=O) groups is 2. The molecule has 10 heteroatoms. The Labute approximate surface area is 174 Å². The summed E-state index contributed by atoms with van der Waals surface area (Å²) < 4.78 is 11.9. The Morgan fingerprint density at radius 1 is 1.27 bits per heavy atom. The molecule has 1 amide bonds. The van der Waals surface area contributed by atoms with E-state index in [1.165, 1.54) is 17.0 Å². The molecule has 0 saturated heterocycles. The summed E-state index contributed by atoms with van der Waals surface area (Å²) >= 11 is 0. The molecular weight excluding hydrogens is 392 g/mol. The maximum absolute atomic E-state index is 12.6. The molecule has 1 atom stereocenters. The predicted molar refractivity (Wildman–Crippen MR) is 108 cm³/mol. The number of carbonyl (C=O) groups excluding carboxylic acids is 2. The summed E-state index contributed by atoms with van der Waals surface area (Å²) in [5, 5.41) is 13.5. The molecule has 0 radical (unpaired) electrons. The first kappa shape index (κ1) is 22.9. The summed E-state index contributed by atoms with van der Waals surface area (Å²) in [4.78, 5) is 38.8. The molecule has 0 aliphatic carbocycles. The maximum atomic E-state index is 12.6. The van der Waals surface area contributed by atoms with Crippen LogP contribution in [0.1, 0.15) is 39.2 Å². The van der Waals surface area contributed by atoms with E-state index >= 15 is 0 Å². The number of benzene rings is 1. The van der Waals surface area contributed by atoms with Crippen LogP contribution in [-0.2, 0) is 27.4 Å². The van der Waals surface area contributed by atoms with Gasteiger partial charge in [0.1, 0.15) is 30.6 Å². The monoisotopic (exact) mass is 418 g/mol. The molecule has 30 heavy (non-hydrogen) atoms. The van der Waals surface area contributed by atoms with E-state index in [1.807, 2.05) is 30.3 Å². The third-order valence-electron chi connectivity index (χ3n) is 3.95. The summed E-state index contributed by atoms with van der Waals surface area (Å²) in [5.74, 6) is -0.886. The number of aromatic nitrogens is 2. The van der Waals surface area contributed by atoms with E-state index in [2.05, 4.69) is 10.3 Å². The maximum Gasteiger partial charge on any atom is 0.434 e. The highest BCUT2D eigenvalue weighted by molar-refractivity contribution is 5.81. The Morgan fingerprint density at radius 2 is 1.97 bits per heavy atom. The molecule has 1 N–H and O–H groups in total. The molecule has 10 nitrogen and oxygen atoms in total. The summed E-state index contributed by atoms with van der Waals surface area (Å²) in [5.41, 5.74) is 0.0934. The second kappa shape index (κ2) is 10.4. The minimum atomic E-state index is -0.953. The first-order valence-electron chi connectivity index (χ1n) is 9.51. The number of alkyl carbamates (subject to hydrolysis) is 1. The van der Waals surface area contributed by atoms with Crippen LogP contribution in [-0.4, -0.2) is 38.2 Å². The van der Waals surface area contributed by atoms with Gasteiger partial charge in [-0.05, 0) is 44.1 Å². The number of amides is 1. The molecule has 162 valence electrons. The first-order chi connectivity index (χ1) is 14.2. The lowest BCUT2D eigenvalue weighted by Gasteiger charge is -2.23. The molecule has 0 spiro atoms. The topological polar surface area (TPSA) is 126 Å². The van der Waals surface area contributed by atoms with E-state index in [1.54, 1.807) is 20.8 Å². The highest BCUT2D eigenvalue weighted by Gasteiger charge is 2.26. The van der Waals surface area contributed by atoms with Crippen molar-refractivity contribution in [2.24, 2.45) is 0 Å². The van der Waals surface area contributed by atoms with Gasteiger partial charge in [-0.15, -0.1) is 0 Å². The van der Waals surface area contributed by atoms with Gasteiger partial charge in [-0.25, -0.2) is 14.2 Å². The third-order valence-corrected chi connectivity index (χ3v) is 3.95. The van der Waals surface area contributed by atoms with Gasteiger partial charge in [0, 0.05) is 0 Å². The SMILES string of the molecule is CC(C)(C)OC(=O)N[C@@H](CCCn1ccnc1[N+](=O)[O-])C(=O)OCc1ccccc1. The average Bonchev–Trinajstić information content (AvgIpc) is 3.13. The van der Waals surface area contributed by atoms with Gasteiger partial charge < -0.3 is 24.9 Å². The molecule has 1 aromatic heterocycles. The molecule has 1 heterocycles. The van der Waals surface area contributed by atoms with Crippen molar-refractivity contribution in [1.82, 2.24) is 14.9 Å². The molecule has 0 saturated carbocycles. The quantitative estimate of drug-likeness (QED) is 0.376. The molecular formula is C20H26N4O6. The smallest absolute Gasteiger partial charge is 0.434 e. The zero-order valence-electron chi connectivity index (χ0n) is 17.2. The van der Waals surface area contributed by atoms with Crippen molar-refractivity contribution in [3.8, 4) is 0 Å². The van der Waals surface area contributed by atoms with E-state index in [9.17, 15) is 19.7 Å². The summed E-state index contributed by atoms with van der Waals surface area (Å²) in [7, 11) is 0. The van der Waals surface area contributed by atoms with Gasteiger partial charge in [0.15, 0.2) is 0 Å². The van der Waals surface area contributed by atoms with Gasteiger partial charge in [-0.2, -0.15) is 0 Å². The Kier molecular flexibility index (Phi) is 7.90. The number of rotatable bonds is 9. The van der Waals surface area contributed by atoms with Crippen molar-refractivity contribution in [3.63, 3.8) is 0 Å². The predicted octanol–water partition coefficient (Wildman–Crippen LogP) is 3.21. The third kappa shape index (κ3) is 7.53. The second-order valence-corrected chi connectivity index (χ2v) is 7.61. The Hall–Kier alpha value is -3.43. The fourth-order valence-corrected chi connectivity index (χ4v) is 2.64. The standard InChI is InChI=1S/C20H26N4O6/c1-20(2,3)30-19(26)22-16(17(25)29-14-15-8-5-4-6-9-15)10-7-12-23-13-11-21-18(23)24(27)28/h4-6,8-9,11,13,16H,7,10,12,14H2,1-3H3,(H,22,26)/t16-/m0/s1. The fraction of sp³-hybridized carbons (Fsp3) is 0.450. The van der Waals surface area contributed by atoms with Crippen LogP contribution in [0.25, 0.3) is 0 Å². The van der Waals surface area contributed by atoms with Crippen LogP contribution in [0.4, 0.5) is 10.7 Å². The lowest BCUT2D eigenvalue weighted by atomic mass is 10.1. The molecule has 0 aliphatic rings. The normalized spacial score (nSPS) is 12.1. The molecule has 0 aliphatic heterocycles. The van der Waals surface area contributed by atoms with Gasteiger partial charge in [0.05, 0.1) is 6.54 Å². The van der Waals surface area contributed by atoms with Crippen LogP contribution in [0, 0.1) is 10.1 Å². The van der Waals surface area contributed by atoms with Crippen molar-refractivity contribution in [3.05, 3.63) is 58.4 Å². The lowest BCUT2D eigenvalue weighted by Crippen LogP contribution is -2.44. The first-order valence-corrected chi connectivity index (χ1v) is 9.51. The molecule has 2 rings (SSSR count). The van der Waals surface area contributed by atoms with E-state index < -0.39 is 28.6 Å². The van der Waals surface area contributed by atoms with Crippen LogP contribution in [0.5, 0.6) is 0 Å². The van der Waals surface area contributed by atoms with E-state index in [0.29, 0.717) is 6.42 Å². The molecule has 0 unspecified atom stereocenters. The van der Waals surface area contributed by atoms with Gasteiger partial charge in [0.2, 0.25) is 0 Å². The number of esters is 1. The van der Waals surface area contributed by atoms with Crippen LogP contribution in [0.15, 0.2) is 42.7 Å². The van der Waals surface area contributed by atoms with Crippen molar-refractivity contribution in [2.45, 2.75) is 58.4 Å². The number of nitrogens with one attached hydrogen (secondary N) is 1. The Morgan fingerprint density at radius 3 is 2.60 bits per heavy atom. The van der Waals surface area contributed by atoms with Gasteiger partial charge in [-0.1, -0.05) is 35.3 Å². The van der Waals surface area contributed by atoms with E-state index in [-0.39, 0.29) is 25.5 Å². The summed E-state index contributed by atoms with van der Waals surface area (Å²) in [6.07, 6.45) is 2.67. The van der Waals surface area contributed by atoms with Crippen molar-refractivity contribution in [1.29, 1.82) is 0 Å². The minimum Gasteiger partial charge on any atom is -0.459 e. The van der Waals surface area contributed by atoms with Gasteiger partial charge >= 0.3 is 18.0 Å². The average molecular weight is 418 g/mol. The Bertz CT molecular complexity index is 860. The summed E-state index contributed by atoms with van der Waals surface area (Å²) in [6, 6.07) is 8.21. The van der Waals surface area contributed by atoms with E-state index in [4.69, 9.17) is 9.47 Å². The van der Waals surface area contributed by atoms with Crippen LogP contribution in [0.3, 0.4) is 0 Å². The molecule has 0 fully saturated rings. The van der Waals surface area contributed by atoms with Crippen molar-refractivity contribution < 1.29 is 24.0 Å². The highest BCUT2D eigenvalue weighted by atomic mass is 16.6. The number of hydrogen-bond donors (Lipinski definition) is 1. The van der Waals surface area contributed by atoms with Crippen LogP contribution >= 0.6 is 0 Å². The lowest BCUT2D eigenvalue weighted by molar-refractivity contribution is -0.396. The van der Waals surface area contributed by atoms with Gasteiger partial charge in [0.25, 0.3) is 0 Å². The number of nitro groups is 1. The van der Waals surface area contributed by atoms with E-state index in [0.717, 1.165) is 5.56 Å². The Balaban J connectivity index is 1.98. The molecule has 2 aromatic rings. The fourth-order valence-electron chi connectivity index (χ4n) is 2.64. The summed E-state index contributed by atoms with van der Waals surface area (Å²) in [6.45, 7) is 5.47. The minimum absolute atomic E-state index is 0.0686. The number of imidazole rings is 1. The number of hydrogen-bond acceptors (Lipinski definition) is 7. The van der Waals surface area contributed by atoms with Crippen LogP contribution in [0.2, 0.25) is 0 Å². The van der Waals surface area contributed by atoms with Crippen LogP contribution < -0.4 is 5.32 Å². The molecule has 0 bridgehead atoms. The number of nitrogens with zero attached hydrogens (tertiary/aromatic N) is 3.